The van der Waals surface area contributed by atoms with Gasteiger partial charge in [-0.1, -0.05) is 6.42 Å². The smallest absolute Gasteiger partial charge is 0.310 e. The van der Waals surface area contributed by atoms with Gasteiger partial charge < -0.3 is 10.1 Å². The van der Waals surface area contributed by atoms with Crippen molar-refractivity contribution in [3.63, 3.8) is 0 Å². The van der Waals surface area contributed by atoms with Crippen molar-refractivity contribution < 1.29 is 13.9 Å². The van der Waals surface area contributed by atoms with Gasteiger partial charge in [-0.3, -0.25) is 9.78 Å². The molecule has 1 saturated carbocycles. The first-order valence-electron chi connectivity index (χ1n) is 6.71. The minimum atomic E-state index is -0.339. The minimum Gasteiger partial charge on any atom is -0.466 e. The SMILES string of the molecule is CCOC(=O)C1CCCC1NCc1ccc(F)cn1. The predicted octanol–water partition coefficient (Wildman–Crippen LogP) is 2.04. The molecule has 0 amide bonds. The van der Waals surface area contributed by atoms with E-state index in [9.17, 15) is 9.18 Å². The van der Waals surface area contributed by atoms with Crippen LogP contribution < -0.4 is 5.32 Å². The zero-order valence-electron chi connectivity index (χ0n) is 11.1. The Balaban J connectivity index is 1.87. The van der Waals surface area contributed by atoms with Gasteiger partial charge in [-0.05, 0) is 31.9 Å². The molecule has 0 radical (unpaired) electrons. The molecule has 1 aliphatic rings. The van der Waals surface area contributed by atoms with Crippen LogP contribution in [0.5, 0.6) is 0 Å². The summed E-state index contributed by atoms with van der Waals surface area (Å²) in [6.45, 7) is 2.78. The second-order valence-electron chi connectivity index (χ2n) is 4.74. The maximum absolute atomic E-state index is 12.7. The molecule has 2 rings (SSSR count). The van der Waals surface area contributed by atoms with Crippen molar-refractivity contribution in [2.75, 3.05) is 6.61 Å². The van der Waals surface area contributed by atoms with Crippen molar-refractivity contribution in [3.8, 4) is 0 Å². The Morgan fingerprint density at radius 1 is 1.53 bits per heavy atom. The van der Waals surface area contributed by atoms with E-state index < -0.39 is 0 Å². The summed E-state index contributed by atoms with van der Waals surface area (Å²) in [5.74, 6) is -0.529. The highest BCUT2D eigenvalue weighted by Crippen LogP contribution is 2.27. The van der Waals surface area contributed by atoms with Gasteiger partial charge in [0.2, 0.25) is 0 Å². The van der Waals surface area contributed by atoms with E-state index >= 15 is 0 Å². The summed E-state index contributed by atoms with van der Waals surface area (Å²) < 4.78 is 17.8. The first kappa shape index (κ1) is 13.9. The van der Waals surface area contributed by atoms with E-state index in [0.717, 1.165) is 25.0 Å². The van der Waals surface area contributed by atoms with E-state index in [1.54, 1.807) is 6.07 Å². The molecule has 0 saturated heterocycles. The van der Waals surface area contributed by atoms with Crippen LogP contribution in [0.1, 0.15) is 31.9 Å². The van der Waals surface area contributed by atoms with Crippen LogP contribution in [0, 0.1) is 11.7 Å². The van der Waals surface area contributed by atoms with Crippen molar-refractivity contribution in [2.45, 2.75) is 38.8 Å². The van der Waals surface area contributed by atoms with E-state index in [0.29, 0.717) is 13.2 Å². The molecule has 0 spiro atoms. The fraction of sp³-hybridized carbons (Fsp3) is 0.571. The van der Waals surface area contributed by atoms with Crippen molar-refractivity contribution in [2.24, 2.45) is 5.92 Å². The molecular weight excluding hydrogens is 247 g/mol. The van der Waals surface area contributed by atoms with E-state index in [2.05, 4.69) is 10.3 Å². The third-order valence-corrected chi connectivity index (χ3v) is 3.44. The summed E-state index contributed by atoms with van der Waals surface area (Å²) in [5.41, 5.74) is 0.774. The number of hydrogen-bond acceptors (Lipinski definition) is 4. The van der Waals surface area contributed by atoms with Gasteiger partial charge in [-0.25, -0.2) is 4.39 Å². The Hall–Kier alpha value is -1.49. The number of carbonyl (C=O) groups is 1. The lowest BCUT2D eigenvalue weighted by Crippen LogP contribution is -2.36. The third kappa shape index (κ3) is 3.73. The molecule has 2 unspecified atom stereocenters. The molecule has 1 aromatic heterocycles. The summed E-state index contributed by atoms with van der Waals surface area (Å²) in [6.07, 6.45) is 4.06. The molecule has 104 valence electrons. The number of nitrogens with one attached hydrogen (secondary N) is 1. The minimum absolute atomic E-state index is 0.0691. The van der Waals surface area contributed by atoms with Crippen molar-refractivity contribution in [1.29, 1.82) is 0 Å². The van der Waals surface area contributed by atoms with Crippen molar-refractivity contribution >= 4 is 5.97 Å². The van der Waals surface area contributed by atoms with Gasteiger partial charge in [0.1, 0.15) is 5.82 Å². The highest BCUT2D eigenvalue weighted by molar-refractivity contribution is 5.73. The lowest BCUT2D eigenvalue weighted by atomic mass is 10.0. The molecule has 19 heavy (non-hydrogen) atoms. The standard InChI is InChI=1S/C14H19FN2O2/c1-2-19-14(18)12-4-3-5-13(12)17-9-11-7-6-10(15)8-16-11/h6-8,12-13,17H,2-5,9H2,1H3. The highest BCUT2D eigenvalue weighted by atomic mass is 19.1. The Kier molecular flexibility index (Phi) is 4.85. The summed E-state index contributed by atoms with van der Waals surface area (Å²) >= 11 is 0. The number of nitrogens with zero attached hydrogens (tertiary/aromatic N) is 1. The van der Waals surface area contributed by atoms with Crippen LogP contribution in [-0.4, -0.2) is 23.6 Å². The van der Waals surface area contributed by atoms with Crippen LogP contribution in [0.3, 0.4) is 0 Å². The molecular formula is C14H19FN2O2. The molecule has 1 heterocycles. The van der Waals surface area contributed by atoms with Gasteiger partial charge in [0.25, 0.3) is 0 Å². The first-order valence-corrected chi connectivity index (χ1v) is 6.71. The molecule has 0 aromatic carbocycles. The number of aromatic nitrogens is 1. The Morgan fingerprint density at radius 3 is 3.05 bits per heavy atom. The van der Waals surface area contributed by atoms with E-state index in [4.69, 9.17) is 4.74 Å². The molecule has 1 fully saturated rings. The predicted molar refractivity (Wildman–Crippen MR) is 68.8 cm³/mol. The Morgan fingerprint density at radius 2 is 2.37 bits per heavy atom. The molecule has 1 N–H and O–H groups in total. The van der Waals surface area contributed by atoms with E-state index in [1.807, 2.05) is 6.92 Å². The number of carbonyl (C=O) groups excluding carboxylic acids is 1. The van der Waals surface area contributed by atoms with Crippen LogP contribution >= 0.6 is 0 Å². The molecule has 2 atom stereocenters. The molecule has 1 aliphatic carbocycles. The molecule has 0 bridgehead atoms. The average Bonchev–Trinajstić information content (AvgIpc) is 2.87. The fourth-order valence-electron chi connectivity index (χ4n) is 2.48. The van der Waals surface area contributed by atoms with Crippen molar-refractivity contribution in [1.82, 2.24) is 10.3 Å². The molecule has 5 heteroatoms. The van der Waals surface area contributed by atoms with E-state index in [1.165, 1.54) is 12.3 Å². The van der Waals surface area contributed by atoms with Crippen LogP contribution in [0.4, 0.5) is 4.39 Å². The zero-order chi connectivity index (χ0) is 13.7. The van der Waals surface area contributed by atoms with Gasteiger partial charge in [-0.2, -0.15) is 0 Å². The topological polar surface area (TPSA) is 51.2 Å². The largest absolute Gasteiger partial charge is 0.466 e. The number of esters is 1. The molecule has 0 aliphatic heterocycles. The van der Waals surface area contributed by atoms with Crippen LogP contribution in [0.25, 0.3) is 0 Å². The number of ether oxygens (including phenoxy) is 1. The quantitative estimate of drug-likeness (QED) is 0.829. The van der Waals surface area contributed by atoms with Gasteiger partial charge >= 0.3 is 5.97 Å². The van der Waals surface area contributed by atoms with Gasteiger partial charge in [0.05, 0.1) is 24.4 Å². The van der Waals surface area contributed by atoms with Crippen molar-refractivity contribution in [3.05, 3.63) is 29.8 Å². The lowest BCUT2D eigenvalue weighted by Gasteiger charge is -2.19. The maximum atomic E-state index is 12.7. The van der Waals surface area contributed by atoms with Gasteiger partial charge in [0.15, 0.2) is 0 Å². The fourth-order valence-corrected chi connectivity index (χ4v) is 2.48. The van der Waals surface area contributed by atoms with Gasteiger partial charge in [-0.15, -0.1) is 0 Å². The number of pyridine rings is 1. The molecule has 4 nitrogen and oxygen atoms in total. The average molecular weight is 266 g/mol. The molecule has 1 aromatic rings. The van der Waals surface area contributed by atoms with Crippen LogP contribution in [0.15, 0.2) is 18.3 Å². The van der Waals surface area contributed by atoms with E-state index in [-0.39, 0.29) is 23.7 Å². The summed E-state index contributed by atoms with van der Waals surface area (Å²) in [6, 6.07) is 3.17. The summed E-state index contributed by atoms with van der Waals surface area (Å²) in [5, 5.41) is 3.32. The summed E-state index contributed by atoms with van der Waals surface area (Å²) in [4.78, 5) is 15.8. The highest BCUT2D eigenvalue weighted by Gasteiger charge is 2.33. The second-order valence-corrected chi connectivity index (χ2v) is 4.74. The number of hydrogen-bond donors (Lipinski definition) is 1. The zero-order valence-corrected chi connectivity index (χ0v) is 11.1. The second kappa shape index (κ2) is 6.61. The van der Waals surface area contributed by atoms with Crippen LogP contribution in [0.2, 0.25) is 0 Å². The number of rotatable bonds is 5. The first-order chi connectivity index (χ1) is 9.20. The summed E-state index contributed by atoms with van der Waals surface area (Å²) in [7, 11) is 0. The Labute approximate surface area is 112 Å². The number of halogens is 1. The normalized spacial score (nSPS) is 22.4. The lowest BCUT2D eigenvalue weighted by molar-refractivity contribution is -0.148. The maximum Gasteiger partial charge on any atom is 0.310 e. The van der Waals surface area contributed by atoms with Crippen LogP contribution in [-0.2, 0) is 16.1 Å². The third-order valence-electron chi connectivity index (χ3n) is 3.44. The van der Waals surface area contributed by atoms with Gasteiger partial charge in [0, 0.05) is 12.6 Å². The monoisotopic (exact) mass is 266 g/mol. The Bertz CT molecular complexity index is 422.